The molecule has 4 heteroatoms. The van der Waals surface area contributed by atoms with Crippen molar-refractivity contribution in [1.82, 2.24) is 4.57 Å². The van der Waals surface area contributed by atoms with Crippen LogP contribution in [0.3, 0.4) is 0 Å². The van der Waals surface area contributed by atoms with Crippen LogP contribution >= 0.6 is 0 Å². The van der Waals surface area contributed by atoms with Gasteiger partial charge < -0.3 is 8.98 Å². The molecule has 2 heterocycles. The van der Waals surface area contributed by atoms with Crippen LogP contribution in [-0.4, -0.2) is 4.57 Å². The Morgan fingerprint density at radius 3 is 2.12 bits per heavy atom. The molecule has 43 heavy (non-hydrogen) atoms. The molecule has 198 valence electrons. The van der Waals surface area contributed by atoms with Crippen LogP contribution < -0.4 is 0 Å². The number of nitriles is 2. The summed E-state index contributed by atoms with van der Waals surface area (Å²) < 4.78 is 8.60. The number of para-hydroxylation sites is 1. The zero-order chi connectivity index (χ0) is 28.7. The van der Waals surface area contributed by atoms with E-state index in [2.05, 4.69) is 102 Å². The van der Waals surface area contributed by atoms with Gasteiger partial charge in [-0.25, -0.2) is 0 Å². The average molecular weight is 548 g/mol. The van der Waals surface area contributed by atoms with Crippen molar-refractivity contribution < 1.29 is 4.42 Å². The molecule has 0 fully saturated rings. The van der Waals surface area contributed by atoms with Crippen LogP contribution in [0.5, 0.6) is 0 Å². The third kappa shape index (κ3) is 3.29. The fourth-order valence-electron chi connectivity index (χ4n) is 7.05. The number of furan rings is 1. The molecule has 4 nitrogen and oxygen atoms in total. The van der Waals surface area contributed by atoms with Crippen LogP contribution in [0.2, 0.25) is 0 Å². The molecule has 0 spiro atoms. The van der Waals surface area contributed by atoms with Crippen LogP contribution in [0.25, 0.3) is 60.6 Å². The Morgan fingerprint density at radius 2 is 1.23 bits per heavy atom. The van der Waals surface area contributed by atoms with E-state index in [1.807, 2.05) is 36.4 Å². The number of fused-ring (bicyclic) bond motifs is 9. The second kappa shape index (κ2) is 8.70. The van der Waals surface area contributed by atoms with Crippen LogP contribution in [0.1, 0.15) is 33.7 Å². The van der Waals surface area contributed by atoms with Crippen molar-refractivity contribution in [1.29, 1.82) is 10.5 Å². The highest BCUT2D eigenvalue weighted by Gasteiger charge is 2.30. The quantitative estimate of drug-likeness (QED) is 0.216. The Morgan fingerprint density at radius 1 is 0.535 bits per heavy atom. The Hall–Kier alpha value is -6.10. The Kier molecular flexibility index (Phi) is 4.77. The van der Waals surface area contributed by atoms with Gasteiger partial charge in [0.15, 0.2) is 0 Å². The molecule has 1 aliphatic rings. The number of hydrogen-bond donors (Lipinski definition) is 0. The van der Waals surface area contributed by atoms with Gasteiger partial charge in [0.2, 0.25) is 0 Å². The first-order chi connectivity index (χ1) is 21.2. The van der Waals surface area contributed by atoms with E-state index in [9.17, 15) is 10.5 Å². The van der Waals surface area contributed by atoms with E-state index in [0.717, 1.165) is 55.0 Å². The van der Waals surface area contributed by atoms with Crippen molar-refractivity contribution in [3.05, 3.63) is 149 Å². The molecule has 0 amide bonds. The third-order valence-corrected chi connectivity index (χ3v) is 8.93. The van der Waals surface area contributed by atoms with Gasteiger partial charge in [0.05, 0.1) is 34.3 Å². The predicted molar refractivity (Wildman–Crippen MR) is 170 cm³/mol. The number of rotatable bonds is 2. The fourth-order valence-corrected chi connectivity index (χ4v) is 7.05. The van der Waals surface area contributed by atoms with Crippen molar-refractivity contribution in [2.75, 3.05) is 0 Å². The molecule has 1 aliphatic carbocycles. The Balaban J connectivity index is 1.26. The van der Waals surface area contributed by atoms with E-state index in [0.29, 0.717) is 11.1 Å². The number of hydrogen-bond acceptors (Lipinski definition) is 3. The van der Waals surface area contributed by atoms with Crippen LogP contribution in [0.15, 0.2) is 126 Å². The van der Waals surface area contributed by atoms with Crippen molar-refractivity contribution in [3.8, 4) is 29.0 Å². The largest absolute Gasteiger partial charge is 0.456 e. The maximum absolute atomic E-state index is 9.55. The van der Waals surface area contributed by atoms with Gasteiger partial charge >= 0.3 is 0 Å². The van der Waals surface area contributed by atoms with Gasteiger partial charge in [-0.3, -0.25) is 0 Å². The molecule has 0 saturated carbocycles. The molecule has 0 bridgehead atoms. The van der Waals surface area contributed by atoms with E-state index in [-0.39, 0.29) is 5.92 Å². The van der Waals surface area contributed by atoms with Crippen LogP contribution in [0.4, 0.5) is 0 Å². The molecule has 2 aromatic heterocycles. The molecule has 0 radical (unpaired) electrons. The lowest BCUT2D eigenvalue weighted by Gasteiger charge is -2.14. The van der Waals surface area contributed by atoms with E-state index in [1.165, 1.54) is 22.3 Å². The zero-order valence-corrected chi connectivity index (χ0v) is 22.9. The highest BCUT2D eigenvalue weighted by Crippen LogP contribution is 2.49. The van der Waals surface area contributed by atoms with Crippen LogP contribution in [0, 0.1) is 22.7 Å². The summed E-state index contributed by atoms with van der Waals surface area (Å²) in [7, 11) is 0. The minimum absolute atomic E-state index is 0.0724. The Bertz CT molecular complexity index is 2550. The molecular weight excluding hydrogens is 526 g/mol. The maximum Gasteiger partial charge on any atom is 0.135 e. The highest BCUT2D eigenvalue weighted by atomic mass is 16.3. The van der Waals surface area contributed by atoms with E-state index < -0.39 is 0 Å². The van der Waals surface area contributed by atoms with Crippen LogP contribution in [-0.2, 0) is 0 Å². The van der Waals surface area contributed by atoms with E-state index >= 15 is 0 Å². The van der Waals surface area contributed by atoms with Gasteiger partial charge in [-0.05, 0) is 94.5 Å². The summed E-state index contributed by atoms with van der Waals surface area (Å²) in [6, 6.07) is 46.2. The van der Waals surface area contributed by atoms with Crippen molar-refractivity contribution in [2.45, 2.75) is 5.92 Å². The summed E-state index contributed by atoms with van der Waals surface area (Å²) in [5, 5.41) is 23.4. The first kappa shape index (κ1) is 23.6. The zero-order valence-electron chi connectivity index (χ0n) is 22.9. The van der Waals surface area contributed by atoms with Gasteiger partial charge in [0.25, 0.3) is 0 Å². The second-order valence-corrected chi connectivity index (χ2v) is 11.2. The average Bonchev–Trinajstić information content (AvgIpc) is 3.71. The summed E-state index contributed by atoms with van der Waals surface area (Å²) >= 11 is 0. The van der Waals surface area contributed by atoms with E-state index in [1.54, 1.807) is 0 Å². The van der Waals surface area contributed by atoms with Gasteiger partial charge in [0, 0.05) is 33.2 Å². The molecule has 0 saturated heterocycles. The summed E-state index contributed by atoms with van der Waals surface area (Å²) in [5.41, 5.74) is 12.2. The minimum Gasteiger partial charge on any atom is -0.456 e. The monoisotopic (exact) mass is 547 g/mol. The lowest BCUT2D eigenvalue weighted by molar-refractivity contribution is 0.668. The van der Waals surface area contributed by atoms with Crippen molar-refractivity contribution in [2.24, 2.45) is 0 Å². The molecule has 6 aromatic carbocycles. The topological polar surface area (TPSA) is 65.7 Å². The molecule has 8 aromatic rings. The lowest BCUT2D eigenvalue weighted by Crippen LogP contribution is -1.99. The maximum atomic E-state index is 9.55. The van der Waals surface area contributed by atoms with Gasteiger partial charge in [-0.1, -0.05) is 54.6 Å². The first-order valence-corrected chi connectivity index (χ1v) is 14.2. The number of nitrogens with zero attached hydrogens (tertiary/aromatic N) is 3. The van der Waals surface area contributed by atoms with Crippen molar-refractivity contribution in [3.63, 3.8) is 0 Å². The third-order valence-electron chi connectivity index (χ3n) is 8.93. The number of aromatic nitrogens is 1. The summed E-state index contributed by atoms with van der Waals surface area (Å²) in [6.45, 7) is 0. The normalized spacial score (nSPS) is 13.8. The summed E-state index contributed by atoms with van der Waals surface area (Å²) in [6.07, 6.45) is 0. The van der Waals surface area contributed by atoms with Crippen molar-refractivity contribution >= 4 is 43.7 Å². The summed E-state index contributed by atoms with van der Waals surface area (Å²) in [4.78, 5) is 0. The predicted octanol–water partition coefficient (Wildman–Crippen LogP) is 9.59. The Labute approximate surface area is 246 Å². The number of benzene rings is 6. The first-order valence-electron chi connectivity index (χ1n) is 14.2. The second-order valence-electron chi connectivity index (χ2n) is 11.2. The molecule has 9 rings (SSSR count). The SMILES string of the molecule is N#Cc1ccc2c(c1)-c1ccccc1C2c1ccc2oc3ccc(-n4c5ccccc5c5cc(C#N)ccc54)cc3c2c1. The van der Waals surface area contributed by atoms with E-state index in [4.69, 9.17) is 4.42 Å². The standard InChI is InChI=1S/C39H21N3O/c40-21-23-9-13-30-31(17-23)27-5-1-2-7-29(27)39(30)25-11-15-37-33(19-25)34-20-26(12-16-38(34)43-37)42-35-8-4-3-6-28(35)32-18-24(22-41)10-14-36(32)42/h1-20,39H. The fraction of sp³-hybridized carbons (Fsp3) is 0.0256. The minimum atomic E-state index is 0.0724. The molecular formula is C39H21N3O. The highest BCUT2D eigenvalue weighted by molar-refractivity contribution is 6.11. The van der Waals surface area contributed by atoms with Gasteiger partial charge in [-0.2, -0.15) is 10.5 Å². The molecule has 1 unspecified atom stereocenters. The summed E-state index contributed by atoms with van der Waals surface area (Å²) in [5.74, 6) is 0.0724. The smallest absolute Gasteiger partial charge is 0.135 e. The molecule has 1 atom stereocenters. The van der Waals surface area contributed by atoms with Gasteiger partial charge in [-0.15, -0.1) is 0 Å². The molecule has 0 aliphatic heterocycles. The molecule has 0 N–H and O–H groups in total. The lowest BCUT2D eigenvalue weighted by atomic mass is 9.88. The van der Waals surface area contributed by atoms with Gasteiger partial charge in [0.1, 0.15) is 11.2 Å².